The molecule has 0 saturated heterocycles. The Morgan fingerprint density at radius 1 is 1.18 bits per heavy atom. The summed E-state index contributed by atoms with van der Waals surface area (Å²) < 4.78 is 22.4. The fourth-order valence-corrected chi connectivity index (χ4v) is 3.99. The molecular formula is C19H11Br2NO6. The van der Waals surface area contributed by atoms with Crippen molar-refractivity contribution in [1.29, 1.82) is 0 Å². The number of halogens is 2. The summed E-state index contributed by atoms with van der Waals surface area (Å²) in [5.74, 6) is 0.510. The van der Waals surface area contributed by atoms with Gasteiger partial charge in [-0.1, -0.05) is 15.9 Å². The van der Waals surface area contributed by atoms with Crippen LogP contribution in [-0.4, -0.2) is 24.6 Å². The molecule has 2 aliphatic rings. The van der Waals surface area contributed by atoms with E-state index in [2.05, 4.69) is 36.9 Å². The monoisotopic (exact) mass is 507 g/mol. The molecule has 0 amide bonds. The molecule has 0 unspecified atom stereocenters. The van der Waals surface area contributed by atoms with Crippen LogP contribution in [-0.2, 0) is 14.3 Å². The van der Waals surface area contributed by atoms with E-state index in [9.17, 15) is 9.59 Å². The number of benzene rings is 2. The summed E-state index contributed by atoms with van der Waals surface area (Å²) in [5, 5.41) is 0. The molecule has 2 aromatic rings. The molecule has 142 valence electrons. The van der Waals surface area contributed by atoms with Crippen LogP contribution in [0.1, 0.15) is 18.1 Å². The van der Waals surface area contributed by atoms with E-state index in [0.29, 0.717) is 27.1 Å². The zero-order valence-corrected chi connectivity index (χ0v) is 17.5. The smallest absolute Gasteiger partial charge is 0.363 e. The summed E-state index contributed by atoms with van der Waals surface area (Å²) in [6.07, 6.45) is 1.50. The number of ether oxygens (including phenoxy) is 4. The molecule has 0 radical (unpaired) electrons. The van der Waals surface area contributed by atoms with Crippen LogP contribution >= 0.6 is 31.9 Å². The lowest BCUT2D eigenvalue weighted by Gasteiger charge is -2.09. The Kier molecular flexibility index (Phi) is 4.94. The molecule has 0 atom stereocenters. The topological polar surface area (TPSA) is 83.4 Å². The minimum Gasteiger partial charge on any atom is -0.454 e. The van der Waals surface area contributed by atoms with E-state index in [1.165, 1.54) is 13.0 Å². The lowest BCUT2D eigenvalue weighted by molar-refractivity contribution is -0.132. The SMILES string of the molecule is CC(=O)Oc1c(Br)cc(Br)cc1/C=C1/N=C(c2ccc3c(c2)OCO3)OC1=O. The lowest BCUT2D eigenvalue weighted by atomic mass is 10.1. The second kappa shape index (κ2) is 7.40. The molecule has 0 aliphatic carbocycles. The first-order valence-corrected chi connectivity index (χ1v) is 9.59. The average Bonchev–Trinajstić information content (AvgIpc) is 3.24. The molecule has 0 fully saturated rings. The number of fused-ring (bicyclic) bond motifs is 1. The van der Waals surface area contributed by atoms with Crippen molar-refractivity contribution in [2.24, 2.45) is 4.99 Å². The number of carbonyl (C=O) groups excluding carboxylic acids is 2. The van der Waals surface area contributed by atoms with Crippen molar-refractivity contribution in [3.05, 3.63) is 56.1 Å². The van der Waals surface area contributed by atoms with Gasteiger partial charge >= 0.3 is 11.9 Å². The first-order valence-electron chi connectivity index (χ1n) is 8.01. The highest BCUT2D eigenvalue weighted by molar-refractivity contribution is 9.11. The first kappa shape index (κ1) is 18.7. The van der Waals surface area contributed by atoms with Crippen LogP contribution < -0.4 is 14.2 Å². The summed E-state index contributed by atoms with van der Waals surface area (Å²) in [5.41, 5.74) is 1.14. The Hall–Kier alpha value is -2.65. The van der Waals surface area contributed by atoms with Crippen molar-refractivity contribution in [2.75, 3.05) is 6.79 Å². The number of hydrogen-bond donors (Lipinski definition) is 0. The first-order chi connectivity index (χ1) is 13.4. The van der Waals surface area contributed by atoms with Crippen LogP contribution in [0.15, 0.2) is 50.0 Å². The Labute approximate surface area is 176 Å². The normalized spacial score (nSPS) is 16.2. The quantitative estimate of drug-likeness (QED) is 0.351. The molecular weight excluding hydrogens is 498 g/mol. The van der Waals surface area contributed by atoms with Crippen LogP contribution in [0.25, 0.3) is 6.08 Å². The molecule has 0 bridgehead atoms. The van der Waals surface area contributed by atoms with Gasteiger partial charge in [0.15, 0.2) is 22.9 Å². The minimum absolute atomic E-state index is 0.0751. The second-order valence-corrected chi connectivity index (χ2v) is 7.57. The van der Waals surface area contributed by atoms with Crippen molar-refractivity contribution in [3.63, 3.8) is 0 Å². The predicted molar refractivity (Wildman–Crippen MR) is 106 cm³/mol. The van der Waals surface area contributed by atoms with E-state index in [1.54, 1.807) is 30.3 Å². The highest BCUT2D eigenvalue weighted by Crippen LogP contribution is 2.36. The third-order valence-electron chi connectivity index (χ3n) is 3.82. The van der Waals surface area contributed by atoms with Gasteiger partial charge in [0, 0.05) is 22.5 Å². The van der Waals surface area contributed by atoms with Crippen molar-refractivity contribution < 1.29 is 28.5 Å². The van der Waals surface area contributed by atoms with Gasteiger partial charge in [-0.25, -0.2) is 9.79 Å². The predicted octanol–water partition coefficient (Wildman–Crippen LogP) is 4.21. The standard InChI is InChI=1S/C19H11Br2NO6/c1-9(23)27-17-11(4-12(20)7-13(17)21)5-14-19(24)28-18(22-14)10-2-3-15-16(6-10)26-8-25-15/h2-7H,8H2,1H3/b14-5+. The summed E-state index contributed by atoms with van der Waals surface area (Å²) in [4.78, 5) is 28.0. The number of hydrogen-bond acceptors (Lipinski definition) is 7. The van der Waals surface area contributed by atoms with Crippen molar-refractivity contribution in [3.8, 4) is 17.2 Å². The highest BCUT2D eigenvalue weighted by Gasteiger charge is 2.26. The van der Waals surface area contributed by atoms with Crippen molar-refractivity contribution >= 4 is 55.8 Å². The van der Waals surface area contributed by atoms with Gasteiger partial charge in [0.2, 0.25) is 12.7 Å². The minimum atomic E-state index is -0.613. The van der Waals surface area contributed by atoms with E-state index in [0.717, 1.165) is 4.47 Å². The van der Waals surface area contributed by atoms with Crippen LogP contribution in [0.4, 0.5) is 0 Å². The van der Waals surface area contributed by atoms with Gasteiger partial charge in [0.05, 0.1) is 4.47 Å². The maximum atomic E-state index is 12.3. The second-order valence-electron chi connectivity index (χ2n) is 5.80. The van der Waals surface area contributed by atoms with Gasteiger partial charge < -0.3 is 18.9 Å². The average molecular weight is 509 g/mol. The van der Waals surface area contributed by atoms with Gasteiger partial charge in [0.25, 0.3) is 0 Å². The molecule has 0 aromatic heterocycles. The van der Waals surface area contributed by atoms with E-state index in [-0.39, 0.29) is 24.1 Å². The zero-order valence-electron chi connectivity index (χ0n) is 14.3. The van der Waals surface area contributed by atoms with Crippen LogP contribution in [0.2, 0.25) is 0 Å². The summed E-state index contributed by atoms with van der Waals surface area (Å²) in [7, 11) is 0. The number of rotatable bonds is 3. The Morgan fingerprint density at radius 3 is 2.75 bits per heavy atom. The van der Waals surface area contributed by atoms with Crippen LogP contribution in [0.5, 0.6) is 17.2 Å². The lowest BCUT2D eigenvalue weighted by Crippen LogP contribution is -2.06. The van der Waals surface area contributed by atoms with E-state index in [1.807, 2.05) is 0 Å². The maximum Gasteiger partial charge on any atom is 0.363 e. The summed E-state index contributed by atoms with van der Waals surface area (Å²) >= 11 is 6.73. The largest absolute Gasteiger partial charge is 0.454 e. The molecule has 28 heavy (non-hydrogen) atoms. The highest BCUT2D eigenvalue weighted by atomic mass is 79.9. The molecule has 2 heterocycles. The van der Waals surface area contributed by atoms with Gasteiger partial charge in [0.1, 0.15) is 0 Å². The van der Waals surface area contributed by atoms with Crippen molar-refractivity contribution in [1.82, 2.24) is 0 Å². The third kappa shape index (κ3) is 3.67. The third-order valence-corrected chi connectivity index (χ3v) is 4.86. The van der Waals surface area contributed by atoms with Gasteiger partial charge in [-0.05, 0) is 52.3 Å². The molecule has 0 N–H and O–H groups in total. The van der Waals surface area contributed by atoms with Crippen LogP contribution in [0.3, 0.4) is 0 Å². The number of carbonyl (C=O) groups is 2. The molecule has 9 heteroatoms. The van der Waals surface area contributed by atoms with Crippen molar-refractivity contribution in [2.45, 2.75) is 6.92 Å². The van der Waals surface area contributed by atoms with Gasteiger partial charge in [-0.3, -0.25) is 4.79 Å². The zero-order chi connectivity index (χ0) is 19.8. The Morgan fingerprint density at radius 2 is 1.96 bits per heavy atom. The molecule has 2 aromatic carbocycles. The Bertz CT molecular complexity index is 1080. The molecule has 7 nitrogen and oxygen atoms in total. The molecule has 0 spiro atoms. The summed E-state index contributed by atoms with van der Waals surface area (Å²) in [6.45, 7) is 1.44. The molecule has 2 aliphatic heterocycles. The number of cyclic esters (lactones) is 1. The fourth-order valence-electron chi connectivity index (χ4n) is 2.65. The summed E-state index contributed by atoms with van der Waals surface area (Å²) in [6, 6.07) is 8.58. The van der Waals surface area contributed by atoms with Gasteiger partial charge in [-0.15, -0.1) is 0 Å². The number of aliphatic imine (C=N–C) groups is 1. The molecule has 4 rings (SSSR count). The number of nitrogens with zero attached hydrogens (tertiary/aromatic N) is 1. The van der Waals surface area contributed by atoms with E-state index in [4.69, 9.17) is 18.9 Å². The Balaban J connectivity index is 1.72. The number of esters is 2. The van der Waals surface area contributed by atoms with Crippen LogP contribution in [0, 0.1) is 0 Å². The fraction of sp³-hybridized carbons (Fsp3) is 0.105. The van der Waals surface area contributed by atoms with E-state index >= 15 is 0 Å². The van der Waals surface area contributed by atoms with E-state index < -0.39 is 11.9 Å². The van der Waals surface area contributed by atoms with Gasteiger partial charge in [-0.2, -0.15) is 0 Å². The molecule has 0 saturated carbocycles. The maximum absolute atomic E-state index is 12.3.